The van der Waals surface area contributed by atoms with Gasteiger partial charge in [0.15, 0.2) is 0 Å². The molecule has 0 heterocycles. The summed E-state index contributed by atoms with van der Waals surface area (Å²) in [6.07, 6.45) is 9.22. The highest BCUT2D eigenvalue weighted by molar-refractivity contribution is 14.1. The van der Waals surface area contributed by atoms with Gasteiger partial charge in [0.05, 0.1) is 0 Å². The van der Waals surface area contributed by atoms with E-state index < -0.39 is 7.60 Å². The summed E-state index contributed by atoms with van der Waals surface area (Å²) in [5, 5.41) is 0. The van der Waals surface area contributed by atoms with Crippen LogP contribution in [-0.4, -0.2) is 20.4 Å². The first-order chi connectivity index (χ1) is 7.06. The molecule has 3 nitrogen and oxygen atoms in total. The lowest BCUT2D eigenvalue weighted by atomic mass is 10.1. The van der Waals surface area contributed by atoms with Crippen LogP contribution < -0.4 is 0 Å². The smallest absolute Gasteiger partial charge is 0.324 e. The molecule has 0 rings (SSSR count). The second-order valence-electron chi connectivity index (χ2n) is 3.91. The molecule has 0 unspecified atom stereocenters. The molecule has 15 heavy (non-hydrogen) atoms. The van der Waals surface area contributed by atoms with E-state index in [-0.39, 0.29) is 6.16 Å². The van der Waals surface area contributed by atoms with Gasteiger partial charge in [-0.1, -0.05) is 61.1 Å². The molecule has 92 valence electrons. The molecular weight excluding hydrogens is 326 g/mol. The molecule has 0 spiro atoms. The third kappa shape index (κ3) is 14.9. The molecule has 0 aliphatic carbocycles. The Morgan fingerprint density at radius 3 is 1.60 bits per heavy atom. The van der Waals surface area contributed by atoms with Gasteiger partial charge in [0.2, 0.25) is 0 Å². The van der Waals surface area contributed by atoms with Crippen LogP contribution in [0.25, 0.3) is 0 Å². The van der Waals surface area contributed by atoms with Gasteiger partial charge in [0.25, 0.3) is 0 Å². The van der Waals surface area contributed by atoms with Crippen molar-refractivity contribution in [3.63, 3.8) is 0 Å². The van der Waals surface area contributed by atoms with Crippen LogP contribution in [0.1, 0.15) is 51.4 Å². The number of hydrogen-bond donors (Lipinski definition) is 2. The molecule has 0 aliphatic rings. The molecule has 0 bridgehead atoms. The van der Waals surface area contributed by atoms with Gasteiger partial charge in [-0.15, -0.1) is 0 Å². The van der Waals surface area contributed by atoms with E-state index in [9.17, 15) is 4.57 Å². The lowest BCUT2D eigenvalue weighted by Crippen LogP contribution is -1.88. The monoisotopic (exact) mass is 348 g/mol. The third-order valence-electron chi connectivity index (χ3n) is 2.33. The van der Waals surface area contributed by atoms with E-state index in [4.69, 9.17) is 9.79 Å². The van der Waals surface area contributed by atoms with Crippen molar-refractivity contribution < 1.29 is 14.4 Å². The van der Waals surface area contributed by atoms with Gasteiger partial charge in [0, 0.05) is 6.16 Å². The maximum atomic E-state index is 10.5. The zero-order chi connectivity index (χ0) is 11.6. The minimum atomic E-state index is -3.74. The van der Waals surface area contributed by atoms with Crippen LogP contribution in [0.2, 0.25) is 0 Å². The van der Waals surface area contributed by atoms with E-state index in [1.165, 1.54) is 36.5 Å². The largest absolute Gasteiger partial charge is 0.325 e. The number of hydrogen-bond acceptors (Lipinski definition) is 1. The number of halogens is 1. The van der Waals surface area contributed by atoms with Crippen molar-refractivity contribution in [2.45, 2.75) is 51.4 Å². The molecule has 5 heteroatoms. The van der Waals surface area contributed by atoms with Crippen molar-refractivity contribution >= 4 is 30.2 Å². The number of unbranched alkanes of at least 4 members (excludes halogenated alkanes) is 7. The highest BCUT2D eigenvalue weighted by Crippen LogP contribution is 2.35. The zero-order valence-electron chi connectivity index (χ0n) is 9.20. The highest BCUT2D eigenvalue weighted by Gasteiger charge is 2.10. The Balaban J connectivity index is 3.02. The van der Waals surface area contributed by atoms with Crippen LogP contribution in [0.15, 0.2) is 0 Å². The van der Waals surface area contributed by atoms with Crippen LogP contribution >= 0.6 is 30.2 Å². The van der Waals surface area contributed by atoms with Crippen LogP contribution in [0.3, 0.4) is 0 Å². The highest BCUT2D eigenvalue weighted by atomic mass is 127. The fourth-order valence-electron chi connectivity index (χ4n) is 1.47. The maximum Gasteiger partial charge on any atom is 0.325 e. The Bertz CT molecular complexity index is 182. The van der Waals surface area contributed by atoms with E-state index in [0.717, 1.165) is 12.8 Å². The molecule has 0 saturated carbocycles. The SMILES string of the molecule is O=P(O)(O)CCCCCCCCCCI. The first-order valence-electron chi connectivity index (χ1n) is 5.67. The van der Waals surface area contributed by atoms with E-state index in [0.29, 0.717) is 6.42 Å². The standard InChI is InChI=1S/C10H22IO3P/c11-9-7-5-3-1-2-4-6-8-10-15(12,13)14/h1-10H2,(H2,12,13,14). The Morgan fingerprint density at radius 2 is 1.20 bits per heavy atom. The number of rotatable bonds is 10. The second kappa shape index (κ2) is 10.1. The molecule has 0 aromatic carbocycles. The Morgan fingerprint density at radius 1 is 0.800 bits per heavy atom. The zero-order valence-corrected chi connectivity index (χ0v) is 12.3. The normalized spacial score (nSPS) is 11.9. The molecule has 2 N–H and O–H groups in total. The van der Waals surface area contributed by atoms with Gasteiger partial charge in [-0.05, 0) is 17.3 Å². The molecular formula is C10H22IO3P. The van der Waals surface area contributed by atoms with Crippen molar-refractivity contribution in [2.24, 2.45) is 0 Å². The first-order valence-corrected chi connectivity index (χ1v) is 8.99. The summed E-state index contributed by atoms with van der Waals surface area (Å²) < 4.78 is 11.8. The van der Waals surface area contributed by atoms with Gasteiger partial charge >= 0.3 is 7.60 Å². The van der Waals surface area contributed by atoms with Gasteiger partial charge in [-0.25, -0.2) is 0 Å². The van der Waals surface area contributed by atoms with E-state index in [1.807, 2.05) is 0 Å². The fourth-order valence-corrected chi connectivity index (χ4v) is 2.65. The lowest BCUT2D eigenvalue weighted by Gasteiger charge is -2.03. The summed E-state index contributed by atoms with van der Waals surface area (Å²) in [5.74, 6) is 0. The molecule has 0 amide bonds. The Labute approximate surface area is 106 Å². The van der Waals surface area contributed by atoms with E-state index >= 15 is 0 Å². The molecule has 0 aromatic heterocycles. The summed E-state index contributed by atoms with van der Waals surface area (Å²) in [7, 11) is -3.74. The number of alkyl halides is 1. The maximum absolute atomic E-state index is 10.5. The Hall–Kier alpha value is 0.880. The Kier molecular flexibility index (Phi) is 10.7. The predicted octanol–water partition coefficient (Wildman–Crippen LogP) is 3.72. The molecule has 0 saturated heterocycles. The van der Waals surface area contributed by atoms with Crippen LogP contribution in [-0.2, 0) is 4.57 Å². The molecule has 0 fully saturated rings. The van der Waals surface area contributed by atoms with Crippen molar-refractivity contribution in [3.05, 3.63) is 0 Å². The lowest BCUT2D eigenvalue weighted by molar-refractivity contribution is 0.370. The summed E-state index contributed by atoms with van der Waals surface area (Å²) in [6.45, 7) is 0. The van der Waals surface area contributed by atoms with Crippen LogP contribution in [0.5, 0.6) is 0 Å². The minimum absolute atomic E-state index is 0.0574. The minimum Gasteiger partial charge on any atom is -0.324 e. The second-order valence-corrected chi connectivity index (χ2v) is 6.76. The van der Waals surface area contributed by atoms with Gasteiger partial charge in [0.1, 0.15) is 0 Å². The molecule has 0 aliphatic heterocycles. The van der Waals surface area contributed by atoms with Crippen molar-refractivity contribution in [2.75, 3.05) is 10.6 Å². The quantitative estimate of drug-likeness (QED) is 0.274. The van der Waals surface area contributed by atoms with E-state index in [2.05, 4.69) is 22.6 Å². The fraction of sp³-hybridized carbons (Fsp3) is 1.00. The predicted molar refractivity (Wildman–Crippen MR) is 72.7 cm³/mol. The van der Waals surface area contributed by atoms with Gasteiger partial charge < -0.3 is 9.79 Å². The van der Waals surface area contributed by atoms with Crippen LogP contribution in [0, 0.1) is 0 Å². The first kappa shape index (κ1) is 15.9. The summed E-state index contributed by atoms with van der Waals surface area (Å²) in [6, 6.07) is 0. The van der Waals surface area contributed by atoms with Gasteiger partial charge in [-0.3, -0.25) is 4.57 Å². The van der Waals surface area contributed by atoms with Gasteiger partial charge in [-0.2, -0.15) is 0 Å². The third-order valence-corrected chi connectivity index (χ3v) is 3.99. The van der Waals surface area contributed by atoms with Crippen molar-refractivity contribution in [1.82, 2.24) is 0 Å². The summed E-state index contributed by atoms with van der Waals surface area (Å²) in [4.78, 5) is 17.3. The summed E-state index contributed by atoms with van der Waals surface area (Å²) in [5.41, 5.74) is 0. The topological polar surface area (TPSA) is 57.5 Å². The van der Waals surface area contributed by atoms with Crippen LogP contribution in [0.4, 0.5) is 0 Å². The van der Waals surface area contributed by atoms with E-state index in [1.54, 1.807) is 0 Å². The van der Waals surface area contributed by atoms with Crippen molar-refractivity contribution in [3.8, 4) is 0 Å². The molecule has 0 radical (unpaired) electrons. The molecule has 0 atom stereocenters. The molecule has 0 aromatic rings. The average Bonchev–Trinajstić information content (AvgIpc) is 2.14. The van der Waals surface area contributed by atoms with Crippen molar-refractivity contribution in [1.29, 1.82) is 0 Å². The average molecular weight is 348 g/mol. The summed E-state index contributed by atoms with van der Waals surface area (Å²) >= 11 is 2.40.